The zero-order valence-electron chi connectivity index (χ0n) is 9.80. The lowest BCUT2D eigenvalue weighted by Crippen LogP contribution is -2.15. The summed E-state index contributed by atoms with van der Waals surface area (Å²) in [5.41, 5.74) is 1.35. The standard InChI is InChI=1S/C12H13BrClNS2/c1-6-4-9(16-7(6)2)11(15-3)10-5-8(13)12(14)17-10/h4-5,11,15H,1-3H3. The van der Waals surface area contributed by atoms with Gasteiger partial charge in [-0.05, 0) is 54.5 Å². The zero-order chi connectivity index (χ0) is 12.6. The molecule has 0 aromatic carbocycles. The molecule has 1 atom stereocenters. The van der Waals surface area contributed by atoms with Crippen molar-refractivity contribution in [3.8, 4) is 0 Å². The maximum atomic E-state index is 6.10. The Kier molecular flexibility index (Phi) is 4.31. The molecule has 0 aliphatic heterocycles. The maximum Gasteiger partial charge on any atom is 0.107 e. The van der Waals surface area contributed by atoms with E-state index in [2.05, 4.69) is 47.2 Å². The van der Waals surface area contributed by atoms with Crippen LogP contribution in [-0.4, -0.2) is 7.05 Å². The van der Waals surface area contributed by atoms with Gasteiger partial charge in [-0.1, -0.05) is 11.6 Å². The fourth-order valence-electron chi connectivity index (χ4n) is 1.67. The topological polar surface area (TPSA) is 12.0 Å². The van der Waals surface area contributed by atoms with Gasteiger partial charge in [0.1, 0.15) is 4.34 Å². The molecular formula is C12H13BrClNS2. The molecule has 0 radical (unpaired) electrons. The van der Waals surface area contributed by atoms with Crippen LogP contribution in [0.5, 0.6) is 0 Å². The molecule has 2 aromatic rings. The summed E-state index contributed by atoms with van der Waals surface area (Å²) < 4.78 is 1.79. The molecule has 5 heteroatoms. The predicted octanol–water partition coefficient (Wildman–Crippen LogP) is 5.15. The second kappa shape index (κ2) is 5.41. The maximum absolute atomic E-state index is 6.10. The van der Waals surface area contributed by atoms with Crippen LogP contribution in [0.3, 0.4) is 0 Å². The molecule has 0 bridgehead atoms. The average Bonchev–Trinajstić information content (AvgIpc) is 2.75. The minimum Gasteiger partial charge on any atom is -0.308 e. The minimum atomic E-state index is 0.237. The molecule has 17 heavy (non-hydrogen) atoms. The van der Waals surface area contributed by atoms with Crippen molar-refractivity contribution in [3.05, 3.63) is 41.1 Å². The Morgan fingerprint density at radius 3 is 2.29 bits per heavy atom. The van der Waals surface area contributed by atoms with Gasteiger partial charge in [0.25, 0.3) is 0 Å². The van der Waals surface area contributed by atoms with Crippen LogP contribution in [0.1, 0.15) is 26.2 Å². The molecule has 1 N–H and O–H groups in total. The Bertz CT molecular complexity index is 447. The summed E-state index contributed by atoms with van der Waals surface area (Å²) >= 11 is 13.0. The first kappa shape index (κ1) is 13.6. The lowest BCUT2D eigenvalue weighted by atomic mass is 10.2. The van der Waals surface area contributed by atoms with Gasteiger partial charge in [0, 0.05) is 19.1 Å². The molecule has 1 nitrogen and oxygen atoms in total. The molecule has 0 amide bonds. The van der Waals surface area contributed by atoms with E-state index >= 15 is 0 Å². The summed E-state index contributed by atoms with van der Waals surface area (Å²) in [6.07, 6.45) is 0. The minimum absolute atomic E-state index is 0.237. The quantitative estimate of drug-likeness (QED) is 0.807. The highest BCUT2D eigenvalue weighted by Crippen LogP contribution is 2.39. The zero-order valence-corrected chi connectivity index (χ0v) is 13.8. The van der Waals surface area contributed by atoms with Crippen LogP contribution in [0, 0.1) is 13.8 Å². The fraction of sp³-hybridized carbons (Fsp3) is 0.333. The van der Waals surface area contributed by atoms with Gasteiger partial charge >= 0.3 is 0 Å². The van der Waals surface area contributed by atoms with Crippen molar-refractivity contribution in [3.63, 3.8) is 0 Å². The molecule has 2 aromatic heterocycles. The van der Waals surface area contributed by atoms with E-state index in [0.717, 1.165) is 8.81 Å². The van der Waals surface area contributed by atoms with E-state index in [9.17, 15) is 0 Å². The van der Waals surface area contributed by atoms with E-state index in [1.165, 1.54) is 20.2 Å². The smallest absolute Gasteiger partial charge is 0.107 e. The van der Waals surface area contributed by atoms with Crippen LogP contribution in [-0.2, 0) is 0 Å². The van der Waals surface area contributed by atoms with Crippen LogP contribution in [0.15, 0.2) is 16.6 Å². The van der Waals surface area contributed by atoms with Crippen molar-refractivity contribution >= 4 is 50.2 Å². The van der Waals surface area contributed by atoms with Crippen molar-refractivity contribution in [2.75, 3.05) is 7.05 Å². The average molecular weight is 351 g/mol. The number of nitrogens with one attached hydrogen (secondary N) is 1. The number of thiophene rings is 2. The highest BCUT2D eigenvalue weighted by Gasteiger charge is 2.18. The predicted molar refractivity (Wildman–Crippen MR) is 81.7 cm³/mol. The summed E-state index contributed by atoms with van der Waals surface area (Å²) in [7, 11) is 1.98. The van der Waals surface area contributed by atoms with Crippen LogP contribution >= 0.6 is 50.2 Å². The van der Waals surface area contributed by atoms with Gasteiger partial charge in [0.15, 0.2) is 0 Å². The van der Waals surface area contributed by atoms with Crippen molar-refractivity contribution in [2.24, 2.45) is 0 Å². The van der Waals surface area contributed by atoms with Crippen LogP contribution in [0.25, 0.3) is 0 Å². The van der Waals surface area contributed by atoms with Crippen LogP contribution in [0.2, 0.25) is 4.34 Å². The van der Waals surface area contributed by atoms with Crippen LogP contribution in [0.4, 0.5) is 0 Å². The fourth-order valence-corrected chi connectivity index (χ4v) is 4.79. The van der Waals surface area contributed by atoms with Gasteiger partial charge in [0.2, 0.25) is 0 Å². The van der Waals surface area contributed by atoms with Gasteiger partial charge in [-0.15, -0.1) is 22.7 Å². The highest BCUT2D eigenvalue weighted by atomic mass is 79.9. The number of halogens is 2. The molecule has 0 spiro atoms. The van der Waals surface area contributed by atoms with E-state index < -0.39 is 0 Å². The third kappa shape index (κ3) is 2.76. The lowest BCUT2D eigenvalue weighted by molar-refractivity contribution is 0.716. The van der Waals surface area contributed by atoms with E-state index in [4.69, 9.17) is 11.6 Å². The SMILES string of the molecule is CNC(c1cc(C)c(C)s1)c1cc(Br)c(Cl)s1. The Balaban J connectivity index is 2.39. The number of hydrogen-bond donors (Lipinski definition) is 1. The molecule has 92 valence electrons. The normalized spacial score (nSPS) is 13.0. The van der Waals surface area contributed by atoms with Crippen LogP contribution < -0.4 is 5.32 Å². The molecule has 2 rings (SSSR count). The Labute approximate surface area is 123 Å². The van der Waals surface area contributed by atoms with E-state index in [0.29, 0.717) is 0 Å². The Hall–Kier alpha value is 0.130. The number of hydrogen-bond acceptors (Lipinski definition) is 3. The van der Waals surface area contributed by atoms with Crippen molar-refractivity contribution in [2.45, 2.75) is 19.9 Å². The van der Waals surface area contributed by atoms with Crippen molar-refractivity contribution < 1.29 is 0 Å². The van der Waals surface area contributed by atoms with E-state index in [1.807, 2.05) is 18.4 Å². The summed E-state index contributed by atoms with van der Waals surface area (Å²) in [5, 5.41) is 3.36. The highest BCUT2D eigenvalue weighted by molar-refractivity contribution is 9.10. The first-order valence-corrected chi connectivity index (χ1v) is 8.02. The monoisotopic (exact) mass is 349 g/mol. The third-order valence-corrected chi connectivity index (χ3v) is 6.46. The molecule has 0 saturated heterocycles. The third-order valence-electron chi connectivity index (χ3n) is 2.71. The summed E-state index contributed by atoms with van der Waals surface area (Å²) in [6.45, 7) is 4.31. The molecule has 1 unspecified atom stereocenters. The molecular weight excluding hydrogens is 338 g/mol. The second-order valence-corrected chi connectivity index (χ2v) is 7.71. The summed E-state index contributed by atoms with van der Waals surface area (Å²) in [5.74, 6) is 0. The van der Waals surface area contributed by atoms with Crippen molar-refractivity contribution in [1.29, 1.82) is 0 Å². The first-order valence-electron chi connectivity index (χ1n) is 5.22. The van der Waals surface area contributed by atoms with E-state index in [1.54, 1.807) is 11.3 Å². The molecule has 0 aliphatic carbocycles. The molecule has 2 heterocycles. The summed E-state index contributed by atoms with van der Waals surface area (Å²) in [4.78, 5) is 3.96. The van der Waals surface area contributed by atoms with Crippen molar-refractivity contribution in [1.82, 2.24) is 5.32 Å². The second-order valence-electron chi connectivity index (χ2n) is 3.88. The number of rotatable bonds is 3. The van der Waals surface area contributed by atoms with Gasteiger partial charge in [-0.25, -0.2) is 0 Å². The summed E-state index contributed by atoms with van der Waals surface area (Å²) in [6, 6.07) is 4.59. The van der Waals surface area contributed by atoms with Gasteiger partial charge in [-0.3, -0.25) is 0 Å². The molecule has 0 aliphatic rings. The molecule has 0 saturated carbocycles. The first-order chi connectivity index (χ1) is 8.02. The van der Waals surface area contributed by atoms with Gasteiger partial charge in [0.05, 0.1) is 6.04 Å². The van der Waals surface area contributed by atoms with Gasteiger partial charge in [-0.2, -0.15) is 0 Å². The largest absolute Gasteiger partial charge is 0.308 e. The van der Waals surface area contributed by atoms with Gasteiger partial charge < -0.3 is 5.32 Å². The molecule has 0 fully saturated rings. The Morgan fingerprint density at radius 2 is 1.88 bits per heavy atom. The number of aryl methyl sites for hydroxylation is 2. The Morgan fingerprint density at radius 1 is 1.24 bits per heavy atom. The van der Waals surface area contributed by atoms with E-state index in [-0.39, 0.29) is 6.04 Å². The lowest BCUT2D eigenvalue weighted by Gasteiger charge is -2.11.